The van der Waals surface area contributed by atoms with Gasteiger partial charge >= 0.3 is 0 Å². The van der Waals surface area contributed by atoms with Crippen molar-refractivity contribution in [2.75, 3.05) is 5.32 Å². The van der Waals surface area contributed by atoms with Gasteiger partial charge in [-0.1, -0.05) is 30.3 Å². The average molecular weight is 355 g/mol. The van der Waals surface area contributed by atoms with Crippen molar-refractivity contribution in [2.24, 2.45) is 0 Å². The quantitative estimate of drug-likeness (QED) is 0.592. The largest absolute Gasteiger partial charge is 0.366 e. The molecule has 132 valence electrons. The Morgan fingerprint density at radius 3 is 2.48 bits per heavy atom. The van der Waals surface area contributed by atoms with Crippen LogP contribution in [0.3, 0.4) is 0 Å². The maximum Gasteiger partial charge on any atom is 0.280 e. The first kappa shape index (κ1) is 16.7. The highest BCUT2D eigenvalue weighted by Gasteiger charge is 2.17. The van der Waals surface area contributed by atoms with Gasteiger partial charge in [-0.25, -0.2) is 0 Å². The van der Waals surface area contributed by atoms with Crippen LogP contribution in [0.25, 0.3) is 11.3 Å². The first-order chi connectivity index (χ1) is 13.3. The van der Waals surface area contributed by atoms with Crippen molar-refractivity contribution < 1.29 is 4.79 Å². The Bertz CT molecular complexity index is 1030. The molecule has 27 heavy (non-hydrogen) atoms. The minimum Gasteiger partial charge on any atom is -0.366 e. The van der Waals surface area contributed by atoms with Crippen LogP contribution in [-0.4, -0.2) is 25.7 Å². The van der Waals surface area contributed by atoms with Crippen LogP contribution in [0.5, 0.6) is 0 Å². The van der Waals surface area contributed by atoms with E-state index in [9.17, 15) is 4.79 Å². The predicted molar refractivity (Wildman–Crippen MR) is 103 cm³/mol. The summed E-state index contributed by atoms with van der Waals surface area (Å²) in [5.41, 5.74) is 3.17. The lowest BCUT2D eigenvalue weighted by molar-refractivity contribution is 0.0947. The molecule has 0 unspecified atom stereocenters. The van der Waals surface area contributed by atoms with Crippen LogP contribution in [0.2, 0.25) is 0 Å². The lowest BCUT2D eigenvalue weighted by atomic mass is 10.2. The topological polar surface area (TPSA) is 72.7 Å². The standard InChI is InChI=1S/C21H17N5O/c27-21(17-8-11-22-12-9-17)26-20(24-14-16-5-2-1-3-6-16)13-19(25-26)18-7-4-10-23-15-18/h1-13,15,24H,14H2. The van der Waals surface area contributed by atoms with Gasteiger partial charge in [0.1, 0.15) is 5.82 Å². The monoisotopic (exact) mass is 355 g/mol. The van der Waals surface area contributed by atoms with Crippen molar-refractivity contribution >= 4 is 11.7 Å². The SMILES string of the molecule is O=C(c1ccncc1)n1nc(-c2cccnc2)cc1NCc1ccccc1. The molecule has 4 rings (SSSR count). The van der Waals surface area contributed by atoms with E-state index in [-0.39, 0.29) is 5.91 Å². The molecule has 6 heteroatoms. The molecule has 0 saturated heterocycles. The van der Waals surface area contributed by atoms with E-state index in [0.717, 1.165) is 11.1 Å². The molecule has 0 aliphatic carbocycles. The van der Waals surface area contributed by atoms with Crippen molar-refractivity contribution in [3.8, 4) is 11.3 Å². The normalized spacial score (nSPS) is 10.5. The second-order valence-corrected chi connectivity index (χ2v) is 5.95. The third-order valence-corrected chi connectivity index (χ3v) is 4.10. The smallest absolute Gasteiger partial charge is 0.280 e. The Hall–Kier alpha value is -3.80. The van der Waals surface area contributed by atoms with Gasteiger partial charge in [-0.2, -0.15) is 9.78 Å². The van der Waals surface area contributed by atoms with E-state index >= 15 is 0 Å². The number of pyridine rings is 2. The van der Waals surface area contributed by atoms with Crippen LogP contribution in [-0.2, 0) is 6.54 Å². The highest BCUT2D eigenvalue weighted by atomic mass is 16.2. The van der Waals surface area contributed by atoms with E-state index in [1.54, 1.807) is 36.9 Å². The van der Waals surface area contributed by atoms with Gasteiger partial charge in [0.25, 0.3) is 5.91 Å². The maximum absolute atomic E-state index is 12.9. The van der Waals surface area contributed by atoms with Gasteiger partial charge in [0.05, 0.1) is 5.69 Å². The van der Waals surface area contributed by atoms with Crippen LogP contribution >= 0.6 is 0 Å². The molecule has 3 aromatic heterocycles. The number of anilines is 1. The Morgan fingerprint density at radius 2 is 1.74 bits per heavy atom. The average Bonchev–Trinajstić information content (AvgIpc) is 3.18. The van der Waals surface area contributed by atoms with Gasteiger partial charge in [-0.3, -0.25) is 14.8 Å². The lowest BCUT2D eigenvalue weighted by Gasteiger charge is -2.08. The van der Waals surface area contributed by atoms with Crippen LogP contribution in [0, 0.1) is 0 Å². The summed E-state index contributed by atoms with van der Waals surface area (Å²) in [6.07, 6.45) is 6.62. The highest BCUT2D eigenvalue weighted by molar-refractivity contribution is 5.97. The molecule has 3 heterocycles. The minimum atomic E-state index is -0.219. The molecule has 1 aromatic carbocycles. The zero-order valence-electron chi connectivity index (χ0n) is 14.5. The van der Waals surface area contributed by atoms with E-state index in [1.165, 1.54) is 4.68 Å². The Balaban J connectivity index is 1.69. The number of carbonyl (C=O) groups is 1. The van der Waals surface area contributed by atoms with Gasteiger partial charge in [0.2, 0.25) is 0 Å². The summed E-state index contributed by atoms with van der Waals surface area (Å²) < 4.78 is 1.39. The Kier molecular flexibility index (Phi) is 4.70. The van der Waals surface area contributed by atoms with Crippen molar-refractivity contribution in [3.05, 3.63) is 96.6 Å². The molecule has 0 aliphatic heterocycles. The van der Waals surface area contributed by atoms with Gasteiger partial charge in [0, 0.05) is 48.5 Å². The molecule has 0 saturated carbocycles. The number of hydrogen-bond donors (Lipinski definition) is 1. The second-order valence-electron chi connectivity index (χ2n) is 5.95. The van der Waals surface area contributed by atoms with Crippen molar-refractivity contribution in [3.63, 3.8) is 0 Å². The van der Waals surface area contributed by atoms with Crippen LogP contribution in [0.4, 0.5) is 5.82 Å². The number of rotatable bonds is 5. The number of hydrogen-bond acceptors (Lipinski definition) is 5. The third-order valence-electron chi connectivity index (χ3n) is 4.10. The molecular formula is C21H17N5O. The highest BCUT2D eigenvalue weighted by Crippen LogP contribution is 2.22. The van der Waals surface area contributed by atoms with E-state index in [2.05, 4.69) is 20.4 Å². The van der Waals surface area contributed by atoms with Crippen molar-refractivity contribution in [2.45, 2.75) is 6.54 Å². The summed E-state index contributed by atoms with van der Waals surface area (Å²) in [5.74, 6) is 0.405. The number of aromatic nitrogens is 4. The molecule has 6 nitrogen and oxygen atoms in total. The Labute approximate surface area is 156 Å². The number of carbonyl (C=O) groups excluding carboxylic acids is 1. The summed E-state index contributed by atoms with van der Waals surface area (Å²) in [6, 6.07) is 19.0. The fraction of sp³-hybridized carbons (Fsp3) is 0.0476. The predicted octanol–water partition coefficient (Wildman–Crippen LogP) is 3.64. The van der Waals surface area contributed by atoms with E-state index in [0.29, 0.717) is 23.6 Å². The van der Waals surface area contributed by atoms with Gasteiger partial charge in [0.15, 0.2) is 0 Å². The summed E-state index contributed by atoms with van der Waals surface area (Å²) in [6.45, 7) is 0.586. The number of nitrogens with one attached hydrogen (secondary N) is 1. The van der Waals surface area contributed by atoms with Gasteiger partial charge in [-0.15, -0.1) is 0 Å². The van der Waals surface area contributed by atoms with Crippen LogP contribution < -0.4 is 5.32 Å². The van der Waals surface area contributed by atoms with Crippen LogP contribution in [0.15, 0.2) is 85.5 Å². The van der Waals surface area contributed by atoms with Crippen LogP contribution in [0.1, 0.15) is 15.9 Å². The first-order valence-corrected chi connectivity index (χ1v) is 8.54. The van der Waals surface area contributed by atoms with E-state index in [4.69, 9.17) is 0 Å². The zero-order chi connectivity index (χ0) is 18.5. The molecule has 0 amide bonds. The fourth-order valence-electron chi connectivity index (χ4n) is 2.72. The minimum absolute atomic E-state index is 0.219. The molecule has 4 aromatic rings. The van der Waals surface area contributed by atoms with Crippen molar-refractivity contribution in [1.82, 2.24) is 19.7 Å². The van der Waals surface area contributed by atoms with Crippen molar-refractivity contribution in [1.29, 1.82) is 0 Å². The molecule has 0 aliphatic rings. The third kappa shape index (κ3) is 3.74. The molecule has 0 spiro atoms. The Morgan fingerprint density at radius 1 is 0.926 bits per heavy atom. The molecule has 0 bridgehead atoms. The summed E-state index contributed by atoms with van der Waals surface area (Å²) in [7, 11) is 0. The molecular weight excluding hydrogens is 338 g/mol. The summed E-state index contributed by atoms with van der Waals surface area (Å²) in [5, 5.41) is 7.83. The first-order valence-electron chi connectivity index (χ1n) is 8.54. The molecule has 0 fully saturated rings. The maximum atomic E-state index is 12.9. The summed E-state index contributed by atoms with van der Waals surface area (Å²) in [4.78, 5) is 21.0. The molecule has 0 atom stereocenters. The number of nitrogens with zero attached hydrogens (tertiary/aromatic N) is 4. The summed E-state index contributed by atoms with van der Waals surface area (Å²) >= 11 is 0. The van der Waals surface area contributed by atoms with Gasteiger partial charge in [-0.05, 0) is 29.8 Å². The lowest BCUT2D eigenvalue weighted by Crippen LogP contribution is -2.17. The van der Waals surface area contributed by atoms with E-state index < -0.39 is 0 Å². The molecule has 1 N–H and O–H groups in total. The molecule has 0 radical (unpaired) electrons. The number of benzene rings is 1. The fourth-order valence-corrected chi connectivity index (χ4v) is 2.72. The second kappa shape index (κ2) is 7.61. The zero-order valence-corrected chi connectivity index (χ0v) is 14.5. The van der Waals surface area contributed by atoms with Gasteiger partial charge < -0.3 is 5.32 Å². The van der Waals surface area contributed by atoms with E-state index in [1.807, 2.05) is 48.5 Å².